The van der Waals surface area contributed by atoms with Crippen LogP contribution in [0.2, 0.25) is 0 Å². The zero-order chi connectivity index (χ0) is 13.0. The zero-order valence-corrected chi connectivity index (χ0v) is 10.3. The van der Waals surface area contributed by atoms with Gasteiger partial charge in [0.25, 0.3) is 0 Å². The summed E-state index contributed by atoms with van der Waals surface area (Å²) in [5.41, 5.74) is -0.0764. The van der Waals surface area contributed by atoms with E-state index in [1.807, 2.05) is 6.92 Å². The van der Waals surface area contributed by atoms with Crippen molar-refractivity contribution < 1.29 is 4.92 Å². The molecule has 0 radical (unpaired) electrons. The molecule has 7 nitrogen and oxygen atoms in total. The Morgan fingerprint density at radius 2 is 2.28 bits per heavy atom. The number of aromatic nitrogens is 2. The molecule has 0 bridgehead atoms. The molecule has 1 aromatic rings. The minimum absolute atomic E-state index is 0.0764. The molecule has 1 heterocycles. The lowest BCUT2D eigenvalue weighted by Crippen LogP contribution is -2.10. The molecule has 2 rings (SSSR count). The number of nitrogens with zero attached hydrogens (tertiary/aromatic N) is 3. The maximum atomic E-state index is 10.9. The van der Waals surface area contributed by atoms with Gasteiger partial charge in [-0.1, -0.05) is 12.8 Å². The second-order valence-corrected chi connectivity index (χ2v) is 4.37. The molecule has 0 aliphatic heterocycles. The predicted octanol–water partition coefficient (Wildman–Crippen LogP) is 2.03. The first-order chi connectivity index (χ1) is 8.70. The Labute approximate surface area is 105 Å². The van der Waals surface area contributed by atoms with Crippen LogP contribution < -0.4 is 10.6 Å². The lowest BCUT2D eigenvalue weighted by molar-refractivity contribution is -0.384. The van der Waals surface area contributed by atoms with Crippen molar-refractivity contribution in [3.05, 3.63) is 16.3 Å². The van der Waals surface area contributed by atoms with Gasteiger partial charge in [0.2, 0.25) is 11.8 Å². The van der Waals surface area contributed by atoms with Gasteiger partial charge in [0.15, 0.2) is 0 Å². The fraction of sp³-hybridized carbons (Fsp3) is 0.636. The van der Waals surface area contributed by atoms with Crippen molar-refractivity contribution >= 4 is 17.5 Å². The van der Waals surface area contributed by atoms with Gasteiger partial charge < -0.3 is 10.6 Å². The summed E-state index contributed by atoms with van der Waals surface area (Å²) in [6.45, 7) is 3.32. The zero-order valence-electron chi connectivity index (χ0n) is 10.3. The van der Waals surface area contributed by atoms with Crippen LogP contribution in [-0.4, -0.2) is 28.0 Å². The summed E-state index contributed by atoms with van der Waals surface area (Å²) in [7, 11) is 0. The Kier molecular flexibility index (Phi) is 3.91. The molecule has 1 fully saturated rings. The van der Waals surface area contributed by atoms with Crippen LogP contribution in [0.4, 0.5) is 17.5 Å². The summed E-state index contributed by atoms with van der Waals surface area (Å²) in [5.74, 6) is 1.50. The van der Waals surface area contributed by atoms with E-state index >= 15 is 0 Å². The molecule has 1 aliphatic rings. The topological polar surface area (TPSA) is 93.0 Å². The molecule has 98 valence electrons. The summed E-state index contributed by atoms with van der Waals surface area (Å²) < 4.78 is 0. The van der Waals surface area contributed by atoms with Gasteiger partial charge in [-0.25, -0.2) is 4.98 Å². The second kappa shape index (κ2) is 5.61. The molecule has 2 N–H and O–H groups in total. The molecular formula is C11H17N5O2. The Morgan fingerprint density at radius 1 is 1.50 bits per heavy atom. The summed E-state index contributed by atoms with van der Waals surface area (Å²) in [5, 5.41) is 16.8. The van der Waals surface area contributed by atoms with Crippen LogP contribution in [0.5, 0.6) is 0 Å². The molecule has 0 aromatic carbocycles. The number of nitrogens with one attached hydrogen (secondary N) is 2. The molecule has 18 heavy (non-hydrogen) atoms. The quantitative estimate of drug-likeness (QED) is 0.569. The molecule has 1 aliphatic carbocycles. The van der Waals surface area contributed by atoms with E-state index in [2.05, 4.69) is 20.6 Å². The Bertz CT molecular complexity index is 433. The van der Waals surface area contributed by atoms with E-state index in [0.717, 1.165) is 12.3 Å². The minimum atomic E-state index is -0.463. The van der Waals surface area contributed by atoms with Crippen LogP contribution in [0.15, 0.2) is 6.20 Å². The molecule has 0 unspecified atom stereocenters. The normalized spacial score (nSPS) is 14.3. The van der Waals surface area contributed by atoms with Gasteiger partial charge in [0.05, 0.1) is 4.92 Å². The molecule has 0 amide bonds. The van der Waals surface area contributed by atoms with Crippen molar-refractivity contribution in [1.29, 1.82) is 0 Å². The van der Waals surface area contributed by atoms with E-state index < -0.39 is 4.92 Å². The van der Waals surface area contributed by atoms with Gasteiger partial charge in [-0.3, -0.25) is 10.1 Å². The first kappa shape index (κ1) is 12.5. The minimum Gasteiger partial charge on any atom is -0.364 e. The summed E-state index contributed by atoms with van der Waals surface area (Å²) >= 11 is 0. The smallest absolute Gasteiger partial charge is 0.329 e. The van der Waals surface area contributed by atoms with Gasteiger partial charge in [0.1, 0.15) is 6.20 Å². The Hall–Kier alpha value is -1.92. The average Bonchev–Trinajstić information content (AvgIpc) is 3.13. The van der Waals surface area contributed by atoms with Gasteiger partial charge in [-0.2, -0.15) is 4.98 Å². The van der Waals surface area contributed by atoms with Crippen LogP contribution >= 0.6 is 0 Å². The van der Waals surface area contributed by atoms with E-state index in [1.54, 1.807) is 0 Å². The third-order valence-electron chi connectivity index (χ3n) is 2.84. The van der Waals surface area contributed by atoms with Crippen molar-refractivity contribution in [3.8, 4) is 0 Å². The first-order valence-electron chi connectivity index (χ1n) is 6.20. The van der Waals surface area contributed by atoms with E-state index in [4.69, 9.17) is 0 Å². The van der Waals surface area contributed by atoms with E-state index in [0.29, 0.717) is 24.9 Å². The standard InChI is InChI=1S/C11H17N5O2/c1-2-12-11-14-7-9(16(17)18)10(15-11)13-6-5-8-3-4-8/h7-8H,2-6H2,1H3,(H2,12,13,14,15). The fourth-order valence-electron chi connectivity index (χ4n) is 1.68. The molecule has 0 spiro atoms. The number of hydrogen-bond acceptors (Lipinski definition) is 6. The number of nitro groups is 1. The van der Waals surface area contributed by atoms with Crippen LogP contribution in [-0.2, 0) is 0 Å². The molecule has 1 saturated carbocycles. The van der Waals surface area contributed by atoms with E-state index in [9.17, 15) is 10.1 Å². The SMILES string of the molecule is CCNc1ncc([N+](=O)[O-])c(NCCC2CC2)n1. The van der Waals surface area contributed by atoms with Crippen molar-refractivity contribution in [2.75, 3.05) is 23.7 Å². The van der Waals surface area contributed by atoms with Gasteiger partial charge >= 0.3 is 5.69 Å². The van der Waals surface area contributed by atoms with Gasteiger partial charge in [-0.05, 0) is 19.3 Å². The van der Waals surface area contributed by atoms with Crippen molar-refractivity contribution in [2.45, 2.75) is 26.2 Å². The molecule has 0 atom stereocenters. The summed E-state index contributed by atoms with van der Waals surface area (Å²) in [6, 6.07) is 0. The number of anilines is 2. The lowest BCUT2D eigenvalue weighted by atomic mass is 10.3. The number of rotatable bonds is 7. The van der Waals surface area contributed by atoms with Crippen LogP contribution in [0, 0.1) is 16.0 Å². The predicted molar refractivity (Wildman–Crippen MR) is 68.7 cm³/mol. The highest BCUT2D eigenvalue weighted by Gasteiger charge is 2.22. The average molecular weight is 251 g/mol. The van der Waals surface area contributed by atoms with Gasteiger partial charge in [0, 0.05) is 13.1 Å². The largest absolute Gasteiger partial charge is 0.364 e. The Morgan fingerprint density at radius 3 is 2.89 bits per heavy atom. The summed E-state index contributed by atoms with van der Waals surface area (Å²) in [6.07, 6.45) is 4.83. The number of hydrogen-bond donors (Lipinski definition) is 2. The molecule has 7 heteroatoms. The lowest BCUT2D eigenvalue weighted by Gasteiger charge is -2.07. The second-order valence-electron chi connectivity index (χ2n) is 4.37. The monoisotopic (exact) mass is 251 g/mol. The Balaban J connectivity index is 2.05. The maximum absolute atomic E-state index is 10.9. The third kappa shape index (κ3) is 3.28. The highest BCUT2D eigenvalue weighted by molar-refractivity contribution is 5.56. The third-order valence-corrected chi connectivity index (χ3v) is 2.84. The molecule has 1 aromatic heterocycles. The van der Waals surface area contributed by atoms with Crippen LogP contribution in [0.3, 0.4) is 0 Å². The van der Waals surface area contributed by atoms with Crippen LogP contribution in [0.25, 0.3) is 0 Å². The molecule has 0 saturated heterocycles. The molecular weight excluding hydrogens is 234 g/mol. The van der Waals surface area contributed by atoms with Crippen molar-refractivity contribution in [1.82, 2.24) is 9.97 Å². The van der Waals surface area contributed by atoms with Crippen molar-refractivity contribution in [3.63, 3.8) is 0 Å². The highest BCUT2D eigenvalue weighted by Crippen LogP contribution is 2.32. The highest BCUT2D eigenvalue weighted by atomic mass is 16.6. The van der Waals surface area contributed by atoms with Crippen molar-refractivity contribution in [2.24, 2.45) is 5.92 Å². The first-order valence-corrected chi connectivity index (χ1v) is 6.20. The van der Waals surface area contributed by atoms with Gasteiger partial charge in [-0.15, -0.1) is 0 Å². The van der Waals surface area contributed by atoms with E-state index in [1.165, 1.54) is 19.0 Å². The fourth-order valence-corrected chi connectivity index (χ4v) is 1.68. The maximum Gasteiger partial charge on any atom is 0.329 e. The summed E-state index contributed by atoms with van der Waals surface area (Å²) in [4.78, 5) is 18.4. The van der Waals surface area contributed by atoms with Crippen LogP contribution in [0.1, 0.15) is 26.2 Å². The van der Waals surface area contributed by atoms with E-state index in [-0.39, 0.29) is 5.69 Å².